The number of amides is 2. The number of halogens is 1. The fourth-order valence-electron chi connectivity index (χ4n) is 1.43. The van der Waals surface area contributed by atoms with Gasteiger partial charge in [-0.05, 0) is 18.2 Å². The Labute approximate surface area is 110 Å². The van der Waals surface area contributed by atoms with E-state index < -0.39 is 11.8 Å². The minimum Gasteiger partial charge on any atom is -0.495 e. The molecule has 6 heteroatoms. The number of hydrogen-bond acceptors (Lipinski definition) is 3. The van der Waals surface area contributed by atoms with Crippen LogP contribution in [0.15, 0.2) is 18.2 Å². The molecule has 1 atom stereocenters. The van der Waals surface area contributed by atoms with E-state index in [-0.39, 0.29) is 12.3 Å². The van der Waals surface area contributed by atoms with Crippen molar-refractivity contribution in [2.75, 3.05) is 12.4 Å². The van der Waals surface area contributed by atoms with Crippen molar-refractivity contribution in [2.45, 2.75) is 13.3 Å². The lowest BCUT2D eigenvalue weighted by Gasteiger charge is -2.13. The van der Waals surface area contributed by atoms with Crippen LogP contribution >= 0.6 is 11.6 Å². The Bertz CT molecular complexity index is 463. The summed E-state index contributed by atoms with van der Waals surface area (Å²) in [5, 5.41) is 3.13. The number of hydrogen-bond donors (Lipinski definition) is 2. The maximum Gasteiger partial charge on any atom is 0.227 e. The lowest BCUT2D eigenvalue weighted by molar-refractivity contribution is -0.125. The van der Waals surface area contributed by atoms with Gasteiger partial charge in [-0.15, -0.1) is 0 Å². The van der Waals surface area contributed by atoms with Gasteiger partial charge in [0.2, 0.25) is 11.8 Å². The van der Waals surface area contributed by atoms with Crippen molar-refractivity contribution >= 4 is 29.1 Å². The van der Waals surface area contributed by atoms with Crippen LogP contribution in [-0.4, -0.2) is 18.9 Å². The largest absolute Gasteiger partial charge is 0.495 e. The van der Waals surface area contributed by atoms with E-state index in [0.29, 0.717) is 16.5 Å². The maximum atomic E-state index is 11.8. The second-order valence-electron chi connectivity index (χ2n) is 3.91. The zero-order valence-corrected chi connectivity index (χ0v) is 11.0. The minimum absolute atomic E-state index is 0.00524. The quantitative estimate of drug-likeness (QED) is 0.856. The number of ether oxygens (including phenoxy) is 1. The van der Waals surface area contributed by atoms with E-state index in [9.17, 15) is 9.59 Å². The molecule has 3 N–H and O–H groups in total. The van der Waals surface area contributed by atoms with Crippen LogP contribution in [0.3, 0.4) is 0 Å². The minimum atomic E-state index is -0.518. The van der Waals surface area contributed by atoms with Crippen molar-refractivity contribution in [3.05, 3.63) is 23.2 Å². The van der Waals surface area contributed by atoms with E-state index in [1.165, 1.54) is 7.11 Å². The SMILES string of the molecule is COc1ccc(Cl)cc1NC(=O)C(C)CC(N)=O. The van der Waals surface area contributed by atoms with Gasteiger partial charge in [0.05, 0.1) is 12.8 Å². The Morgan fingerprint density at radius 1 is 1.50 bits per heavy atom. The van der Waals surface area contributed by atoms with Gasteiger partial charge in [-0.2, -0.15) is 0 Å². The molecule has 0 bridgehead atoms. The fourth-order valence-corrected chi connectivity index (χ4v) is 1.60. The maximum absolute atomic E-state index is 11.8. The van der Waals surface area contributed by atoms with Crippen molar-refractivity contribution in [3.8, 4) is 5.75 Å². The van der Waals surface area contributed by atoms with Crippen molar-refractivity contribution in [2.24, 2.45) is 11.7 Å². The smallest absolute Gasteiger partial charge is 0.227 e. The Morgan fingerprint density at radius 2 is 2.17 bits per heavy atom. The second-order valence-corrected chi connectivity index (χ2v) is 4.34. The number of rotatable bonds is 5. The number of nitrogens with one attached hydrogen (secondary N) is 1. The topological polar surface area (TPSA) is 81.4 Å². The number of methoxy groups -OCH3 is 1. The lowest BCUT2D eigenvalue weighted by atomic mass is 10.1. The third kappa shape index (κ3) is 3.92. The average molecular weight is 271 g/mol. The molecule has 0 aromatic heterocycles. The third-order valence-corrected chi connectivity index (χ3v) is 2.61. The first-order valence-corrected chi connectivity index (χ1v) is 5.74. The van der Waals surface area contributed by atoms with Crippen LogP contribution in [0.2, 0.25) is 5.02 Å². The van der Waals surface area contributed by atoms with Gasteiger partial charge in [-0.25, -0.2) is 0 Å². The molecule has 1 aromatic rings. The summed E-state index contributed by atoms with van der Waals surface area (Å²) in [6.45, 7) is 1.62. The standard InChI is InChI=1S/C12H15ClN2O3/c1-7(5-11(14)16)12(17)15-9-6-8(13)3-4-10(9)18-2/h3-4,6-7H,5H2,1-2H3,(H2,14,16)(H,15,17). The molecule has 5 nitrogen and oxygen atoms in total. The van der Waals surface area contributed by atoms with Crippen LogP contribution in [0, 0.1) is 5.92 Å². The molecular formula is C12H15ClN2O3. The van der Waals surface area contributed by atoms with Gasteiger partial charge in [-0.3, -0.25) is 9.59 Å². The summed E-state index contributed by atoms with van der Waals surface area (Å²) in [6, 6.07) is 4.88. The number of carbonyl (C=O) groups excluding carboxylic acids is 2. The normalized spacial score (nSPS) is 11.7. The van der Waals surface area contributed by atoms with E-state index in [0.717, 1.165) is 0 Å². The Kier molecular flexibility index (Phi) is 4.97. The Balaban J connectivity index is 2.80. The molecule has 0 aliphatic heterocycles. The van der Waals surface area contributed by atoms with E-state index in [4.69, 9.17) is 22.1 Å². The molecule has 0 fully saturated rings. The average Bonchev–Trinajstić information content (AvgIpc) is 2.28. The highest BCUT2D eigenvalue weighted by Gasteiger charge is 2.17. The highest BCUT2D eigenvalue weighted by atomic mass is 35.5. The van der Waals surface area contributed by atoms with Gasteiger partial charge in [0.25, 0.3) is 0 Å². The molecule has 0 aliphatic rings. The number of primary amides is 1. The van der Waals surface area contributed by atoms with E-state index >= 15 is 0 Å². The van der Waals surface area contributed by atoms with Gasteiger partial charge < -0.3 is 15.8 Å². The zero-order chi connectivity index (χ0) is 13.7. The number of carbonyl (C=O) groups is 2. The van der Waals surface area contributed by atoms with Gasteiger partial charge in [0, 0.05) is 17.4 Å². The van der Waals surface area contributed by atoms with Crippen LogP contribution in [0.1, 0.15) is 13.3 Å². The second kappa shape index (κ2) is 6.26. The predicted octanol–water partition coefficient (Wildman–Crippen LogP) is 1.80. The molecule has 1 rings (SSSR count). The monoisotopic (exact) mass is 270 g/mol. The van der Waals surface area contributed by atoms with E-state index in [2.05, 4.69) is 5.32 Å². The van der Waals surface area contributed by atoms with Crippen LogP contribution < -0.4 is 15.8 Å². The van der Waals surface area contributed by atoms with E-state index in [1.807, 2.05) is 0 Å². The summed E-state index contributed by atoms with van der Waals surface area (Å²) >= 11 is 5.84. The van der Waals surface area contributed by atoms with Crippen LogP contribution in [-0.2, 0) is 9.59 Å². The molecule has 2 amide bonds. The first-order valence-electron chi connectivity index (χ1n) is 5.36. The number of anilines is 1. The molecule has 18 heavy (non-hydrogen) atoms. The molecule has 98 valence electrons. The molecule has 0 saturated carbocycles. The predicted molar refractivity (Wildman–Crippen MR) is 69.6 cm³/mol. The number of benzene rings is 1. The van der Waals surface area contributed by atoms with Crippen LogP contribution in [0.4, 0.5) is 5.69 Å². The highest BCUT2D eigenvalue weighted by Crippen LogP contribution is 2.28. The molecule has 0 saturated heterocycles. The first kappa shape index (κ1) is 14.3. The van der Waals surface area contributed by atoms with Gasteiger partial charge >= 0.3 is 0 Å². The van der Waals surface area contributed by atoms with Crippen LogP contribution in [0.5, 0.6) is 5.75 Å². The highest BCUT2D eigenvalue weighted by molar-refractivity contribution is 6.31. The van der Waals surface area contributed by atoms with Gasteiger partial charge in [0.15, 0.2) is 0 Å². The number of nitrogens with two attached hydrogens (primary N) is 1. The molecule has 0 heterocycles. The Morgan fingerprint density at radius 3 is 2.72 bits per heavy atom. The summed E-state index contributed by atoms with van der Waals surface area (Å²) in [6.07, 6.45) is -0.00524. The van der Waals surface area contributed by atoms with E-state index in [1.54, 1.807) is 25.1 Å². The summed E-state index contributed by atoms with van der Waals surface area (Å²) < 4.78 is 5.10. The third-order valence-electron chi connectivity index (χ3n) is 2.37. The zero-order valence-electron chi connectivity index (χ0n) is 10.2. The van der Waals surface area contributed by atoms with Crippen molar-refractivity contribution < 1.29 is 14.3 Å². The van der Waals surface area contributed by atoms with Crippen molar-refractivity contribution in [3.63, 3.8) is 0 Å². The van der Waals surface area contributed by atoms with Gasteiger partial charge in [-0.1, -0.05) is 18.5 Å². The summed E-state index contributed by atoms with van der Waals surface area (Å²) in [5.74, 6) is -0.838. The molecular weight excluding hydrogens is 256 g/mol. The fraction of sp³-hybridized carbons (Fsp3) is 0.333. The summed E-state index contributed by atoms with van der Waals surface area (Å²) in [5.41, 5.74) is 5.50. The molecule has 0 aliphatic carbocycles. The molecule has 1 aromatic carbocycles. The molecule has 0 radical (unpaired) electrons. The summed E-state index contributed by atoms with van der Waals surface area (Å²) in [7, 11) is 1.49. The van der Waals surface area contributed by atoms with Crippen molar-refractivity contribution in [1.82, 2.24) is 0 Å². The van der Waals surface area contributed by atoms with Crippen LogP contribution in [0.25, 0.3) is 0 Å². The van der Waals surface area contributed by atoms with Gasteiger partial charge in [0.1, 0.15) is 5.75 Å². The molecule has 1 unspecified atom stereocenters. The Hall–Kier alpha value is -1.75. The summed E-state index contributed by atoms with van der Waals surface area (Å²) in [4.78, 5) is 22.6. The van der Waals surface area contributed by atoms with Crippen molar-refractivity contribution in [1.29, 1.82) is 0 Å². The first-order chi connectivity index (χ1) is 8.43. The lowest BCUT2D eigenvalue weighted by Crippen LogP contribution is -2.25. The molecule has 0 spiro atoms.